The number of hydrogen-bond acceptors (Lipinski definition) is 2. The molecule has 9 aromatic rings. The number of nitrogens with zero attached hydrogens (tertiary/aromatic N) is 2. The van der Waals surface area contributed by atoms with Gasteiger partial charge in [0.1, 0.15) is 0 Å². The van der Waals surface area contributed by atoms with E-state index in [1.54, 1.807) is 6.07 Å². The molecule has 0 saturated carbocycles. The Labute approximate surface area is 344 Å². The first-order valence-corrected chi connectivity index (χ1v) is 21.5. The Morgan fingerprint density at radius 1 is 0.491 bits per heavy atom. The predicted octanol–water partition coefficient (Wildman–Crippen LogP) is 13.4. The average Bonchev–Trinajstić information content (AvgIpc) is 3.24. The summed E-state index contributed by atoms with van der Waals surface area (Å²) in [5, 5.41) is 8.88. The predicted molar refractivity (Wildman–Crippen MR) is 236 cm³/mol. The maximum absolute atomic E-state index is 7.30. The van der Waals surface area contributed by atoms with Gasteiger partial charge >= 0.3 is 0 Å². The Hall–Kier alpha value is -5.51. The third-order valence-electron chi connectivity index (χ3n) is 9.80. The molecule has 0 unspecified atom stereocenters. The summed E-state index contributed by atoms with van der Waals surface area (Å²) in [7, 11) is -1.40. The molecule has 0 atom stereocenters. The van der Waals surface area contributed by atoms with Gasteiger partial charge in [0.15, 0.2) is 0 Å². The van der Waals surface area contributed by atoms with E-state index in [1.807, 2.05) is 36.4 Å². The molecule has 9 rings (SSSR count). The molecule has 0 bridgehead atoms. The Bertz CT molecular complexity index is 2820. The molecular weight excluding hydrogens is 861 g/mol. The number of benzene rings is 7. The molecule has 7 aromatic carbocycles. The molecule has 0 saturated heterocycles. The van der Waals surface area contributed by atoms with Gasteiger partial charge in [-0.25, -0.2) is 0 Å². The van der Waals surface area contributed by atoms with Crippen LogP contribution in [0.25, 0.3) is 77.1 Å². The summed E-state index contributed by atoms with van der Waals surface area (Å²) in [4.78, 5) is 9.01. The Balaban J connectivity index is 0.000000266. The van der Waals surface area contributed by atoms with Crippen molar-refractivity contribution in [1.82, 2.24) is 9.97 Å². The van der Waals surface area contributed by atoms with Crippen LogP contribution < -0.4 is 5.19 Å². The molecule has 2 nitrogen and oxygen atoms in total. The Morgan fingerprint density at radius 2 is 1.07 bits per heavy atom. The summed E-state index contributed by atoms with van der Waals surface area (Å²) in [5.74, 6) is 0. The number of aryl methyl sites for hydroxylation is 1. The minimum absolute atomic E-state index is 0. The summed E-state index contributed by atoms with van der Waals surface area (Å²) in [5.41, 5.74) is 8.66. The van der Waals surface area contributed by atoms with Gasteiger partial charge in [-0.3, -0.25) is 4.98 Å². The first kappa shape index (κ1) is 35.2. The van der Waals surface area contributed by atoms with Crippen LogP contribution in [0.15, 0.2) is 176 Å². The van der Waals surface area contributed by atoms with Gasteiger partial charge in [0.2, 0.25) is 0 Å². The van der Waals surface area contributed by atoms with Crippen LogP contribution in [0.5, 0.6) is 0 Å². The molecule has 2 aromatic heterocycles. The molecule has 0 aliphatic carbocycles. The summed E-state index contributed by atoms with van der Waals surface area (Å²) in [6.07, 6.45) is 2.06. The van der Waals surface area contributed by atoms with Gasteiger partial charge in [0.25, 0.3) is 0 Å². The molecule has 1 radical (unpaired) electrons. The van der Waals surface area contributed by atoms with E-state index in [9.17, 15) is 0 Å². The Morgan fingerprint density at radius 3 is 1.75 bits per heavy atom. The molecule has 0 spiro atoms. The molecule has 0 fully saturated rings. The zero-order chi connectivity index (χ0) is 38.9. The van der Waals surface area contributed by atoms with Crippen LogP contribution in [0.1, 0.15) is 9.81 Å². The van der Waals surface area contributed by atoms with Crippen molar-refractivity contribution in [2.75, 3.05) is 0 Å². The quantitative estimate of drug-likeness (QED) is 0.0977. The largest absolute Gasteiger partial charge is 0.358 e. The molecular formula is C51H44IrN2Si-2. The first-order chi connectivity index (χ1) is 27.0. The van der Waals surface area contributed by atoms with E-state index in [1.165, 1.54) is 65.8 Å². The fourth-order valence-electron chi connectivity index (χ4n) is 6.93. The minimum atomic E-state index is -2.15. The van der Waals surface area contributed by atoms with Crippen LogP contribution in [0.3, 0.4) is 0 Å². The SMILES string of the molecule is C[Si](C)(C)c1ccc(-c2[c-]cc3c4ccccc4c4cc(-c5cccc(-c6ccccc6)c5)ccc4c3c2)nc1.[2H]C([2H])([2H])c1cccc(-c2ccccc2)n1.[CH3-].[Ir]. The second-order valence-corrected chi connectivity index (χ2v) is 19.5. The minimum Gasteiger partial charge on any atom is -0.358 e. The Kier molecular flexibility index (Phi) is 10.8. The van der Waals surface area contributed by atoms with Gasteiger partial charge in [-0.05, 0) is 80.4 Å². The molecule has 0 N–H and O–H groups in total. The molecule has 0 aliphatic heterocycles. The summed E-state index contributed by atoms with van der Waals surface area (Å²) in [6, 6.07) is 62.1. The van der Waals surface area contributed by atoms with Crippen molar-refractivity contribution in [3.05, 3.63) is 195 Å². The molecule has 2 heterocycles. The van der Waals surface area contributed by atoms with Crippen molar-refractivity contribution in [3.8, 4) is 44.8 Å². The van der Waals surface area contributed by atoms with Crippen LogP contribution in [0, 0.1) is 20.3 Å². The van der Waals surface area contributed by atoms with Crippen molar-refractivity contribution >= 4 is 45.6 Å². The van der Waals surface area contributed by atoms with E-state index in [0.29, 0.717) is 5.69 Å². The summed E-state index contributed by atoms with van der Waals surface area (Å²) < 4.78 is 21.9. The third kappa shape index (κ3) is 8.43. The second kappa shape index (κ2) is 16.9. The molecule has 0 amide bonds. The standard InChI is InChI=1S/C38H30NSi.C12H11N.CH3.Ir/c1-40(2,3)31-18-21-38(39-25-31)30-17-20-34-32-14-7-8-15-33(32)36-23-29(16-19-35(36)37(34)24-30)28-13-9-12-27(22-28)26-10-5-4-6-11-26;1-10-6-5-9-12(13-10)11-7-3-2-4-8-11;;/h4-16,18-25H,1-3H3;2-9H,1H3;1H3;/q-1;;-1;/i;1D3;;. The third-order valence-corrected chi connectivity index (χ3v) is 11.8. The first-order valence-electron chi connectivity index (χ1n) is 19.5. The van der Waals surface area contributed by atoms with E-state index in [0.717, 1.165) is 16.8 Å². The normalized spacial score (nSPS) is 12.0. The number of rotatable bonds is 5. The maximum Gasteiger partial charge on any atom is 0.0795 e. The van der Waals surface area contributed by atoms with Crippen LogP contribution in [0.2, 0.25) is 19.6 Å². The number of pyridine rings is 2. The number of hydrogen-bond donors (Lipinski definition) is 0. The average molecular weight is 908 g/mol. The van der Waals surface area contributed by atoms with Crippen molar-refractivity contribution < 1.29 is 24.2 Å². The van der Waals surface area contributed by atoms with Crippen molar-refractivity contribution in [2.24, 2.45) is 0 Å². The van der Waals surface area contributed by atoms with E-state index in [4.69, 9.17) is 9.10 Å². The number of fused-ring (bicyclic) bond motifs is 6. The van der Waals surface area contributed by atoms with Gasteiger partial charge in [-0.2, -0.15) is 0 Å². The van der Waals surface area contributed by atoms with Crippen LogP contribution in [-0.4, -0.2) is 18.0 Å². The maximum atomic E-state index is 7.30. The number of aromatic nitrogens is 2. The fraction of sp³-hybridized carbons (Fsp3) is 0.0784. The monoisotopic (exact) mass is 908 g/mol. The van der Waals surface area contributed by atoms with Crippen molar-refractivity contribution in [2.45, 2.75) is 26.5 Å². The van der Waals surface area contributed by atoms with E-state index >= 15 is 0 Å². The van der Waals surface area contributed by atoms with Crippen LogP contribution in [-0.2, 0) is 20.1 Å². The van der Waals surface area contributed by atoms with Crippen LogP contribution >= 0.6 is 0 Å². The van der Waals surface area contributed by atoms with Crippen molar-refractivity contribution in [3.63, 3.8) is 0 Å². The molecule has 4 heteroatoms. The topological polar surface area (TPSA) is 25.8 Å². The van der Waals surface area contributed by atoms with Crippen molar-refractivity contribution in [1.29, 1.82) is 0 Å². The fourth-order valence-corrected chi connectivity index (χ4v) is 7.96. The van der Waals surface area contributed by atoms with Crippen LogP contribution in [0.4, 0.5) is 0 Å². The van der Waals surface area contributed by atoms with Gasteiger partial charge in [-0.15, -0.1) is 23.8 Å². The van der Waals surface area contributed by atoms with Gasteiger partial charge in [0.05, 0.1) is 13.8 Å². The second-order valence-electron chi connectivity index (χ2n) is 14.4. The van der Waals surface area contributed by atoms with E-state index in [-0.39, 0.29) is 33.2 Å². The summed E-state index contributed by atoms with van der Waals surface area (Å²) in [6.45, 7) is 4.92. The van der Waals surface area contributed by atoms with E-state index in [2.05, 4.69) is 158 Å². The molecule has 55 heavy (non-hydrogen) atoms. The zero-order valence-corrected chi connectivity index (χ0v) is 34.9. The van der Waals surface area contributed by atoms with E-state index < -0.39 is 14.9 Å². The summed E-state index contributed by atoms with van der Waals surface area (Å²) >= 11 is 0. The van der Waals surface area contributed by atoms with Gasteiger partial charge in [-0.1, -0.05) is 169 Å². The smallest absolute Gasteiger partial charge is 0.0795 e. The van der Waals surface area contributed by atoms with Gasteiger partial charge < -0.3 is 12.4 Å². The molecule has 273 valence electrons. The van der Waals surface area contributed by atoms with Gasteiger partial charge in [0, 0.05) is 41.7 Å². The zero-order valence-electron chi connectivity index (χ0n) is 34.5. The molecule has 0 aliphatic rings.